The summed E-state index contributed by atoms with van der Waals surface area (Å²) in [5, 5.41) is 9.28. The molecule has 1 aromatic carbocycles. The second kappa shape index (κ2) is 4.87. The number of aryl methyl sites for hydroxylation is 2. The van der Waals surface area contributed by atoms with Gasteiger partial charge in [-0.3, -0.25) is 4.79 Å². The van der Waals surface area contributed by atoms with E-state index in [0.717, 1.165) is 0 Å². The third-order valence-electron chi connectivity index (χ3n) is 2.83. The third kappa shape index (κ3) is 2.25. The maximum absolute atomic E-state index is 14.0. The molecule has 96 valence electrons. The van der Waals surface area contributed by atoms with Crippen molar-refractivity contribution in [3.8, 4) is 17.2 Å². The van der Waals surface area contributed by atoms with Crippen LogP contribution in [-0.4, -0.2) is 4.98 Å². The van der Waals surface area contributed by atoms with Crippen molar-refractivity contribution in [2.75, 3.05) is 0 Å². The first-order chi connectivity index (χ1) is 8.95. The standard InChI is InChI=1S/C14H10ClFN2O/c1-7-3-4-11(16)12(13(7)15)9-5-8(2)18-14(19)10(9)6-17/h3-5H,1-2H3,(H,18,19). The summed E-state index contributed by atoms with van der Waals surface area (Å²) in [6, 6.07) is 6.16. The fraction of sp³-hybridized carbons (Fsp3) is 0.143. The van der Waals surface area contributed by atoms with Crippen molar-refractivity contribution >= 4 is 11.6 Å². The molecule has 0 spiro atoms. The monoisotopic (exact) mass is 276 g/mol. The van der Waals surface area contributed by atoms with Crippen LogP contribution in [0.2, 0.25) is 5.02 Å². The van der Waals surface area contributed by atoms with Gasteiger partial charge < -0.3 is 4.98 Å². The number of nitrogens with zero attached hydrogens (tertiary/aromatic N) is 1. The first kappa shape index (κ1) is 13.3. The lowest BCUT2D eigenvalue weighted by Crippen LogP contribution is -2.13. The number of rotatable bonds is 1. The molecule has 0 aliphatic rings. The lowest BCUT2D eigenvalue weighted by atomic mass is 9.98. The molecule has 0 unspecified atom stereocenters. The number of hydrogen-bond acceptors (Lipinski definition) is 2. The largest absolute Gasteiger partial charge is 0.325 e. The fourth-order valence-corrected chi connectivity index (χ4v) is 2.16. The molecule has 2 rings (SSSR count). The SMILES string of the molecule is Cc1cc(-c2c(F)ccc(C)c2Cl)c(C#N)c(=O)[nH]1. The Morgan fingerprint density at radius 1 is 1.37 bits per heavy atom. The van der Waals surface area contributed by atoms with Crippen LogP contribution in [0.15, 0.2) is 23.0 Å². The molecular weight excluding hydrogens is 267 g/mol. The van der Waals surface area contributed by atoms with E-state index in [1.807, 2.05) is 0 Å². The average Bonchev–Trinajstić information content (AvgIpc) is 2.34. The van der Waals surface area contributed by atoms with Crippen molar-refractivity contribution in [1.29, 1.82) is 5.26 Å². The molecule has 0 aliphatic carbocycles. The number of nitriles is 1. The highest BCUT2D eigenvalue weighted by molar-refractivity contribution is 6.34. The van der Waals surface area contributed by atoms with Gasteiger partial charge in [0.05, 0.1) is 5.02 Å². The van der Waals surface area contributed by atoms with E-state index in [0.29, 0.717) is 11.3 Å². The Balaban J connectivity index is 2.92. The van der Waals surface area contributed by atoms with Gasteiger partial charge in [-0.2, -0.15) is 5.26 Å². The molecule has 19 heavy (non-hydrogen) atoms. The van der Waals surface area contributed by atoms with E-state index in [1.165, 1.54) is 6.07 Å². The van der Waals surface area contributed by atoms with Crippen LogP contribution in [0.4, 0.5) is 4.39 Å². The molecule has 1 heterocycles. The molecule has 2 aromatic rings. The van der Waals surface area contributed by atoms with Gasteiger partial charge in [-0.1, -0.05) is 17.7 Å². The molecule has 0 saturated heterocycles. The van der Waals surface area contributed by atoms with Gasteiger partial charge >= 0.3 is 0 Å². The summed E-state index contributed by atoms with van der Waals surface area (Å²) in [6.07, 6.45) is 0. The van der Waals surface area contributed by atoms with Crippen LogP contribution in [0.25, 0.3) is 11.1 Å². The van der Waals surface area contributed by atoms with Gasteiger partial charge in [0.1, 0.15) is 17.4 Å². The number of pyridine rings is 1. The number of halogens is 2. The average molecular weight is 277 g/mol. The van der Waals surface area contributed by atoms with Gasteiger partial charge in [0.25, 0.3) is 5.56 Å². The summed E-state index contributed by atoms with van der Waals surface area (Å²) in [4.78, 5) is 14.2. The van der Waals surface area contributed by atoms with Crippen LogP contribution in [0.5, 0.6) is 0 Å². The lowest BCUT2D eigenvalue weighted by Gasteiger charge is -2.10. The number of aromatic amines is 1. The number of hydrogen-bond donors (Lipinski definition) is 1. The Labute approximate surface area is 114 Å². The van der Waals surface area contributed by atoms with Crippen LogP contribution in [0.3, 0.4) is 0 Å². The smallest absolute Gasteiger partial charge is 0.266 e. The highest BCUT2D eigenvalue weighted by Crippen LogP contribution is 2.34. The van der Waals surface area contributed by atoms with Crippen molar-refractivity contribution < 1.29 is 4.39 Å². The fourth-order valence-electron chi connectivity index (χ4n) is 1.90. The molecule has 5 heteroatoms. The Morgan fingerprint density at radius 2 is 2.05 bits per heavy atom. The van der Waals surface area contributed by atoms with Gasteiger partial charge in [0.2, 0.25) is 0 Å². The molecule has 0 atom stereocenters. The number of H-pyrrole nitrogens is 1. The third-order valence-corrected chi connectivity index (χ3v) is 3.32. The van der Waals surface area contributed by atoms with Gasteiger partial charge in [0, 0.05) is 16.8 Å². The summed E-state index contributed by atoms with van der Waals surface area (Å²) in [5.74, 6) is -0.558. The zero-order chi connectivity index (χ0) is 14.2. The number of benzene rings is 1. The van der Waals surface area contributed by atoms with Crippen molar-refractivity contribution in [1.82, 2.24) is 4.98 Å². The van der Waals surface area contributed by atoms with Crippen molar-refractivity contribution in [2.24, 2.45) is 0 Å². The first-order valence-electron chi connectivity index (χ1n) is 5.54. The minimum atomic E-state index is -0.558. The molecule has 0 bridgehead atoms. The number of nitrogens with one attached hydrogen (secondary N) is 1. The first-order valence-corrected chi connectivity index (χ1v) is 5.92. The van der Waals surface area contributed by atoms with E-state index in [4.69, 9.17) is 16.9 Å². The Kier molecular flexibility index (Phi) is 3.41. The minimum Gasteiger partial charge on any atom is -0.325 e. The molecule has 0 saturated carbocycles. The van der Waals surface area contributed by atoms with Gasteiger partial charge in [0.15, 0.2) is 0 Å². The molecule has 1 aromatic heterocycles. The predicted molar refractivity (Wildman–Crippen MR) is 71.7 cm³/mol. The molecular formula is C14H10ClFN2O. The second-order valence-electron chi connectivity index (χ2n) is 4.24. The molecule has 0 aliphatic heterocycles. The van der Waals surface area contributed by atoms with E-state index < -0.39 is 11.4 Å². The summed E-state index contributed by atoms with van der Waals surface area (Å²) >= 11 is 6.11. The van der Waals surface area contributed by atoms with Gasteiger partial charge in [-0.25, -0.2) is 4.39 Å². The summed E-state index contributed by atoms with van der Waals surface area (Å²) in [7, 11) is 0. The van der Waals surface area contributed by atoms with Crippen molar-refractivity contribution in [2.45, 2.75) is 13.8 Å². The Morgan fingerprint density at radius 3 is 2.68 bits per heavy atom. The quantitative estimate of drug-likeness (QED) is 0.868. The van der Waals surface area contributed by atoms with Crippen LogP contribution in [0, 0.1) is 31.0 Å². The van der Waals surface area contributed by atoms with Gasteiger partial charge in [-0.15, -0.1) is 0 Å². The number of aromatic nitrogens is 1. The van der Waals surface area contributed by atoms with E-state index in [9.17, 15) is 9.18 Å². The lowest BCUT2D eigenvalue weighted by molar-refractivity contribution is 0.631. The highest BCUT2D eigenvalue weighted by atomic mass is 35.5. The molecule has 0 radical (unpaired) electrons. The molecule has 3 nitrogen and oxygen atoms in total. The topological polar surface area (TPSA) is 56.6 Å². The van der Waals surface area contributed by atoms with E-state index in [1.54, 1.807) is 32.0 Å². The maximum atomic E-state index is 14.0. The minimum absolute atomic E-state index is 0.0902. The Bertz CT molecular complexity index is 759. The second-order valence-corrected chi connectivity index (χ2v) is 4.61. The van der Waals surface area contributed by atoms with Crippen molar-refractivity contribution in [3.05, 3.63) is 56.2 Å². The molecule has 1 N–H and O–H groups in total. The van der Waals surface area contributed by atoms with E-state index in [-0.39, 0.29) is 21.7 Å². The summed E-state index contributed by atoms with van der Waals surface area (Å²) < 4.78 is 14.0. The van der Waals surface area contributed by atoms with E-state index in [2.05, 4.69) is 4.98 Å². The van der Waals surface area contributed by atoms with E-state index >= 15 is 0 Å². The highest BCUT2D eigenvalue weighted by Gasteiger charge is 2.18. The molecule has 0 fully saturated rings. The zero-order valence-electron chi connectivity index (χ0n) is 10.3. The summed E-state index contributed by atoms with van der Waals surface area (Å²) in [6.45, 7) is 3.39. The summed E-state index contributed by atoms with van der Waals surface area (Å²) in [5.41, 5.74) is 0.838. The predicted octanol–water partition coefficient (Wildman–Crippen LogP) is 3.32. The van der Waals surface area contributed by atoms with Crippen LogP contribution in [0.1, 0.15) is 16.8 Å². The Hall–Kier alpha value is -2.12. The maximum Gasteiger partial charge on any atom is 0.266 e. The van der Waals surface area contributed by atoms with Crippen LogP contribution in [-0.2, 0) is 0 Å². The van der Waals surface area contributed by atoms with Crippen LogP contribution < -0.4 is 5.56 Å². The van der Waals surface area contributed by atoms with Crippen LogP contribution >= 0.6 is 11.6 Å². The van der Waals surface area contributed by atoms with Crippen molar-refractivity contribution in [3.63, 3.8) is 0 Å². The van der Waals surface area contributed by atoms with Gasteiger partial charge in [-0.05, 0) is 31.5 Å². The normalized spacial score (nSPS) is 10.3. The molecule has 0 amide bonds. The zero-order valence-corrected chi connectivity index (χ0v) is 11.1.